The maximum absolute atomic E-state index is 9.11. The van der Waals surface area contributed by atoms with Gasteiger partial charge in [-0.25, -0.2) is 0 Å². The van der Waals surface area contributed by atoms with Crippen LogP contribution in [0.15, 0.2) is 0 Å². The maximum atomic E-state index is 9.11. The molecule has 0 saturated heterocycles. The second kappa shape index (κ2) is 5.45. The molecule has 0 aromatic rings. The average molecular weight is 180 g/mol. The first-order valence-corrected chi connectivity index (χ1v) is 3.82. The zero-order valence-electron chi connectivity index (χ0n) is 6.96. The minimum absolute atomic E-state index is 0.0295. The van der Waals surface area contributed by atoms with Gasteiger partial charge in [0.25, 0.3) is 0 Å². The third kappa shape index (κ3) is 3.99. The number of hydrogen-bond acceptors (Lipinski definition) is 5. The molecule has 0 heterocycles. The van der Waals surface area contributed by atoms with Gasteiger partial charge in [0.15, 0.2) is 0 Å². The summed E-state index contributed by atoms with van der Waals surface area (Å²) in [6.07, 6.45) is -4.77. The van der Waals surface area contributed by atoms with Crippen LogP contribution in [0, 0.1) is 0 Å². The monoisotopic (exact) mass is 180 g/mol. The van der Waals surface area contributed by atoms with E-state index >= 15 is 0 Å². The normalized spacial score (nSPS) is 21.5. The largest absolute Gasteiger partial charge is 0.394 e. The Morgan fingerprint density at radius 1 is 1.00 bits per heavy atom. The zero-order valence-corrected chi connectivity index (χ0v) is 6.96. The van der Waals surface area contributed by atoms with Crippen LogP contribution in [0.4, 0.5) is 0 Å². The lowest BCUT2D eigenvalue weighted by Gasteiger charge is -2.22. The van der Waals surface area contributed by atoms with Gasteiger partial charge in [0, 0.05) is 6.42 Å². The summed E-state index contributed by atoms with van der Waals surface area (Å²) >= 11 is 0. The van der Waals surface area contributed by atoms with Gasteiger partial charge in [-0.1, -0.05) is 0 Å². The van der Waals surface area contributed by atoms with Gasteiger partial charge in [-0.05, 0) is 6.92 Å². The molecule has 0 radical (unpaired) electrons. The Balaban J connectivity index is 3.83. The Morgan fingerprint density at radius 2 is 1.50 bits per heavy atom. The number of aliphatic hydroxyl groups is 5. The molecule has 0 aromatic carbocycles. The summed E-state index contributed by atoms with van der Waals surface area (Å²) in [6.45, 7) is 0.847. The molecule has 0 aliphatic rings. The van der Waals surface area contributed by atoms with Gasteiger partial charge in [0.1, 0.15) is 12.2 Å². The molecule has 0 aromatic heterocycles. The summed E-state index contributed by atoms with van der Waals surface area (Å²) < 4.78 is 0. The Bertz CT molecular complexity index is 116. The predicted octanol–water partition coefficient (Wildman–Crippen LogP) is -2.17. The van der Waals surface area contributed by atoms with Crippen LogP contribution in [-0.4, -0.2) is 56.6 Å². The molecule has 5 N–H and O–H groups in total. The fourth-order valence-corrected chi connectivity index (χ4v) is 0.853. The summed E-state index contributed by atoms with van der Waals surface area (Å²) in [4.78, 5) is 0. The van der Waals surface area contributed by atoms with E-state index < -0.39 is 31.0 Å². The van der Waals surface area contributed by atoms with Gasteiger partial charge in [0.05, 0.1) is 18.8 Å². The average Bonchev–Trinajstić information content (AvgIpc) is 2.00. The van der Waals surface area contributed by atoms with Crippen LogP contribution in [0.2, 0.25) is 0 Å². The molecule has 0 fully saturated rings. The van der Waals surface area contributed by atoms with E-state index in [4.69, 9.17) is 25.5 Å². The van der Waals surface area contributed by atoms with Crippen molar-refractivity contribution in [2.24, 2.45) is 0 Å². The molecule has 5 heteroatoms. The topological polar surface area (TPSA) is 101 Å². The van der Waals surface area contributed by atoms with Crippen molar-refractivity contribution in [2.75, 3.05) is 6.61 Å². The predicted molar refractivity (Wildman–Crippen MR) is 41.4 cm³/mol. The summed E-state index contributed by atoms with van der Waals surface area (Å²) in [7, 11) is 0. The van der Waals surface area contributed by atoms with E-state index in [1.165, 1.54) is 6.92 Å². The van der Waals surface area contributed by atoms with Crippen molar-refractivity contribution in [2.45, 2.75) is 37.8 Å². The number of hydrogen-bond donors (Lipinski definition) is 5. The van der Waals surface area contributed by atoms with E-state index in [1.807, 2.05) is 0 Å². The Hall–Kier alpha value is -0.200. The lowest BCUT2D eigenvalue weighted by atomic mass is 10.0. The summed E-state index contributed by atoms with van der Waals surface area (Å²) in [5, 5.41) is 44.3. The first-order valence-electron chi connectivity index (χ1n) is 3.82. The first-order chi connectivity index (χ1) is 5.49. The van der Waals surface area contributed by atoms with Crippen molar-refractivity contribution in [1.82, 2.24) is 0 Å². The minimum atomic E-state index is -1.41. The van der Waals surface area contributed by atoms with Gasteiger partial charge >= 0.3 is 0 Å². The van der Waals surface area contributed by atoms with Crippen LogP contribution in [-0.2, 0) is 0 Å². The van der Waals surface area contributed by atoms with Crippen LogP contribution in [0.5, 0.6) is 0 Å². The van der Waals surface area contributed by atoms with E-state index in [0.29, 0.717) is 0 Å². The van der Waals surface area contributed by atoms with Crippen molar-refractivity contribution < 1.29 is 25.5 Å². The van der Waals surface area contributed by atoms with Crippen LogP contribution in [0.3, 0.4) is 0 Å². The molecule has 5 nitrogen and oxygen atoms in total. The third-order valence-electron chi connectivity index (χ3n) is 1.56. The second-order valence-electron chi connectivity index (χ2n) is 2.89. The molecule has 0 aliphatic heterocycles. The standard InChI is InChI=1S/C7H16O5/c1-4(9)2-5(10)7(12)6(11)3-8/h4-12H,2-3H2,1H3/t4?,5?,6-,7?/m1/s1. The fraction of sp³-hybridized carbons (Fsp3) is 1.00. The molecule has 0 rings (SSSR count). The van der Waals surface area contributed by atoms with Crippen molar-refractivity contribution in [3.63, 3.8) is 0 Å². The molecule has 3 unspecified atom stereocenters. The Kier molecular flexibility index (Phi) is 5.36. The van der Waals surface area contributed by atoms with E-state index in [0.717, 1.165) is 0 Å². The van der Waals surface area contributed by atoms with E-state index in [1.54, 1.807) is 0 Å². The van der Waals surface area contributed by atoms with E-state index in [2.05, 4.69) is 0 Å². The Morgan fingerprint density at radius 3 is 1.83 bits per heavy atom. The van der Waals surface area contributed by atoms with Crippen LogP contribution in [0.25, 0.3) is 0 Å². The van der Waals surface area contributed by atoms with E-state index in [-0.39, 0.29) is 6.42 Å². The highest BCUT2D eigenvalue weighted by atomic mass is 16.4. The van der Waals surface area contributed by atoms with Crippen LogP contribution < -0.4 is 0 Å². The van der Waals surface area contributed by atoms with Crippen LogP contribution in [0.1, 0.15) is 13.3 Å². The molecule has 74 valence electrons. The molecular formula is C7H16O5. The van der Waals surface area contributed by atoms with Gasteiger partial charge in [0.2, 0.25) is 0 Å². The van der Waals surface area contributed by atoms with Gasteiger partial charge in [-0.3, -0.25) is 0 Å². The molecule has 0 aliphatic carbocycles. The highest BCUT2D eigenvalue weighted by molar-refractivity contribution is 4.75. The highest BCUT2D eigenvalue weighted by Gasteiger charge is 2.24. The summed E-state index contributed by atoms with van der Waals surface area (Å²) in [5.74, 6) is 0. The lowest BCUT2D eigenvalue weighted by molar-refractivity contribution is -0.0865. The quantitative estimate of drug-likeness (QED) is 0.331. The lowest BCUT2D eigenvalue weighted by Crippen LogP contribution is -2.40. The van der Waals surface area contributed by atoms with Crippen LogP contribution >= 0.6 is 0 Å². The summed E-state index contributed by atoms with van der Waals surface area (Å²) in [5.41, 5.74) is 0. The van der Waals surface area contributed by atoms with Crippen molar-refractivity contribution in [1.29, 1.82) is 0 Å². The first kappa shape index (κ1) is 11.8. The molecule has 0 spiro atoms. The van der Waals surface area contributed by atoms with Gasteiger partial charge in [-0.15, -0.1) is 0 Å². The minimum Gasteiger partial charge on any atom is -0.394 e. The van der Waals surface area contributed by atoms with Gasteiger partial charge in [-0.2, -0.15) is 0 Å². The Labute approximate surface area is 70.9 Å². The smallest absolute Gasteiger partial charge is 0.108 e. The van der Waals surface area contributed by atoms with Gasteiger partial charge < -0.3 is 25.5 Å². The SMILES string of the molecule is CC(O)CC(O)C(O)[C@H](O)CO. The zero-order chi connectivity index (χ0) is 9.72. The maximum Gasteiger partial charge on any atom is 0.108 e. The van der Waals surface area contributed by atoms with Crippen molar-refractivity contribution in [3.05, 3.63) is 0 Å². The number of aliphatic hydroxyl groups excluding tert-OH is 5. The molecule has 0 bridgehead atoms. The molecule has 12 heavy (non-hydrogen) atoms. The molecule has 0 saturated carbocycles. The van der Waals surface area contributed by atoms with Crippen molar-refractivity contribution in [3.8, 4) is 0 Å². The number of rotatable bonds is 5. The summed E-state index contributed by atoms with van der Waals surface area (Å²) in [6, 6.07) is 0. The van der Waals surface area contributed by atoms with E-state index in [9.17, 15) is 0 Å². The highest BCUT2D eigenvalue weighted by Crippen LogP contribution is 2.06. The fourth-order valence-electron chi connectivity index (χ4n) is 0.853. The molecule has 0 amide bonds. The molecular weight excluding hydrogens is 164 g/mol. The second-order valence-corrected chi connectivity index (χ2v) is 2.89. The molecule has 4 atom stereocenters. The van der Waals surface area contributed by atoms with Crippen molar-refractivity contribution >= 4 is 0 Å². The third-order valence-corrected chi connectivity index (χ3v) is 1.56.